The molecule has 0 bridgehead atoms. The first-order valence-corrected chi connectivity index (χ1v) is 6.52. The first-order valence-electron chi connectivity index (χ1n) is 6.14. The fraction of sp³-hybridized carbons (Fsp3) is 0.429. The van der Waals surface area contributed by atoms with E-state index in [-0.39, 0.29) is 18.6 Å². The van der Waals surface area contributed by atoms with Gasteiger partial charge in [0.25, 0.3) is 0 Å². The third-order valence-electron chi connectivity index (χ3n) is 3.30. The number of benzene rings is 1. The average Bonchev–Trinajstić information content (AvgIpc) is 2.35. The topological polar surface area (TPSA) is 54.4 Å². The van der Waals surface area contributed by atoms with Crippen LogP contribution in [0, 0.1) is 0 Å². The molecule has 1 aromatic rings. The van der Waals surface area contributed by atoms with E-state index in [0.717, 1.165) is 25.7 Å². The maximum Gasteiger partial charge on any atom is 0.303 e. The van der Waals surface area contributed by atoms with Crippen LogP contribution in [0.4, 0.5) is 0 Å². The molecule has 1 aromatic carbocycles. The van der Waals surface area contributed by atoms with E-state index >= 15 is 0 Å². The second kappa shape index (κ2) is 5.53. The molecule has 0 radical (unpaired) electrons. The molecule has 4 heteroatoms. The number of carboxylic acids is 1. The molecule has 0 aromatic heterocycles. The van der Waals surface area contributed by atoms with E-state index in [1.807, 2.05) is 12.1 Å². The van der Waals surface area contributed by atoms with Gasteiger partial charge in [0.1, 0.15) is 0 Å². The number of hydrogen-bond acceptors (Lipinski definition) is 2. The first-order chi connectivity index (χ1) is 8.58. The average molecular weight is 267 g/mol. The summed E-state index contributed by atoms with van der Waals surface area (Å²) in [7, 11) is 0. The Kier molecular flexibility index (Phi) is 4.02. The van der Waals surface area contributed by atoms with Crippen molar-refractivity contribution in [3.05, 3.63) is 33.8 Å². The van der Waals surface area contributed by atoms with Crippen molar-refractivity contribution in [2.45, 2.75) is 38.5 Å². The lowest BCUT2D eigenvalue weighted by molar-refractivity contribution is -0.136. The van der Waals surface area contributed by atoms with Crippen LogP contribution in [0.3, 0.4) is 0 Å². The van der Waals surface area contributed by atoms with E-state index in [0.29, 0.717) is 10.6 Å². The number of Topliss-reactive ketones (excluding diaryl/α,β-unsaturated/α-hetero) is 1. The van der Waals surface area contributed by atoms with E-state index in [1.165, 1.54) is 11.1 Å². The van der Waals surface area contributed by atoms with Gasteiger partial charge in [-0.05, 0) is 48.9 Å². The highest BCUT2D eigenvalue weighted by Gasteiger charge is 2.17. The number of carbonyl (C=O) groups is 2. The van der Waals surface area contributed by atoms with Crippen LogP contribution in [0.2, 0.25) is 5.02 Å². The molecule has 0 heterocycles. The summed E-state index contributed by atoms with van der Waals surface area (Å²) in [6.07, 6.45) is 4.15. The summed E-state index contributed by atoms with van der Waals surface area (Å²) >= 11 is 6.10. The summed E-state index contributed by atoms with van der Waals surface area (Å²) < 4.78 is 0. The normalized spacial score (nSPS) is 14.1. The SMILES string of the molecule is O=C(O)CCC(=O)c1cc2c(cc1Cl)CCCC2. The van der Waals surface area contributed by atoms with Crippen LogP contribution in [0.15, 0.2) is 12.1 Å². The van der Waals surface area contributed by atoms with Crippen LogP contribution < -0.4 is 0 Å². The van der Waals surface area contributed by atoms with E-state index in [1.54, 1.807) is 0 Å². The maximum absolute atomic E-state index is 11.9. The zero-order chi connectivity index (χ0) is 13.1. The van der Waals surface area contributed by atoms with E-state index in [4.69, 9.17) is 16.7 Å². The molecule has 0 amide bonds. The summed E-state index contributed by atoms with van der Waals surface area (Å²) in [6, 6.07) is 3.71. The molecule has 2 rings (SSSR count). The lowest BCUT2D eigenvalue weighted by atomic mass is 9.89. The van der Waals surface area contributed by atoms with Crippen molar-refractivity contribution in [1.82, 2.24) is 0 Å². The van der Waals surface area contributed by atoms with Gasteiger partial charge in [-0.2, -0.15) is 0 Å². The fourth-order valence-electron chi connectivity index (χ4n) is 2.32. The summed E-state index contributed by atoms with van der Waals surface area (Å²) in [5.74, 6) is -1.15. The Morgan fingerprint density at radius 2 is 1.72 bits per heavy atom. The minimum absolute atomic E-state index is 0.00778. The number of aliphatic carboxylic acids is 1. The molecule has 0 aliphatic heterocycles. The fourth-order valence-corrected chi connectivity index (χ4v) is 2.62. The molecule has 0 saturated carbocycles. The highest BCUT2D eigenvalue weighted by molar-refractivity contribution is 6.34. The summed E-state index contributed by atoms with van der Waals surface area (Å²) in [5, 5.41) is 9.04. The van der Waals surface area contributed by atoms with Crippen molar-refractivity contribution in [3.63, 3.8) is 0 Å². The minimum Gasteiger partial charge on any atom is -0.481 e. The molecule has 1 aliphatic rings. The van der Waals surface area contributed by atoms with Gasteiger partial charge in [-0.15, -0.1) is 0 Å². The van der Waals surface area contributed by atoms with Crippen molar-refractivity contribution in [1.29, 1.82) is 0 Å². The van der Waals surface area contributed by atoms with Gasteiger partial charge in [-0.3, -0.25) is 9.59 Å². The molecule has 0 fully saturated rings. The maximum atomic E-state index is 11.9. The zero-order valence-electron chi connectivity index (χ0n) is 10.0. The van der Waals surface area contributed by atoms with Gasteiger partial charge in [0.05, 0.1) is 11.4 Å². The highest BCUT2D eigenvalue weighted by Crippen LogP contribution is 2.28. The standard InChI is InChI=1S/C14H15ClO3/c15-12-8-10-4-2-1-3-9(10)7-11(12)13(16)5-6-14(17)18/h7-8H,1-6H2,(H,17,18). The largest absolute Gasteiger partial charge is 0.481 e. The van der Waals surface area contributed by atoms with Gasteiger partial charge in [0, 0.05) is 12.0 Å². The van der Waals surface area contributed by atoms with Gasteiger partial charge < -0.3 is 5.11 Å². The summed E-state index contributed by atoms with van der Waals surface area (Å²) in [5.41, 5.74) is 2.88. The smallest absolute Gasteiger partial charge is 0.303 e. The number of carboxylic acid groups (broad SMARTS) is 1. The number of rotatable bonds is 4. The Labute approximate surface area is 111 Å². The van der Waals surface area contributed by atoms with Crippen LogP contribution >= 0.6 is 11.6 Å². The summed E-state index contributed by atoms with van der Waals surface area (Å²) in [6.45, 7) is 0. The highest BCUT2D eigenvalue weighted by atomic mass is 35.5. The van der Waals surface area contributed by atoms with Crippen molar-refractivity contribution >= 4 is 23.4 Å². The van der Waals surface area contributed by atoms with E-state index in [9.17, 15) is 9.59 Å². The number of halogens is 1. The number of hydrogen-bond donors (Lipinski definition) is 1. The first kappa shape index (κ1) is 13.1. The number of aryl methyl sites for hydroxylation is 2. The van der Waals surface area contributed by atoms with E-state index < -0.39 is 5.97 Å². The molecular formula is C14H15ClO3. The number of ketones is 1. The molecule has 0 saturated heterocycles. The molecule has 0 spiro atoms. The van der Waals surface area contributed by atoms with Crippen LogP contribution in [0.1, 0.15) is 47.2 Å². The third kappa shape index (κ3) is 2.91. The molecule has 1 aliphatic carbocycles. The van der Waals surface area contributed by atoms with Crippen molar-refractivity contribution in [2.75, 3.05) is 0 Å². The molecule has 18 heavy (non-hydrogen) atoms. The molecule has 0 unspecified atom stereocenters. The van der Waals surface area contributed by atoms with Crippen LogP contribution in [-0.2, 0) is 17.6 Å². The Hall–Kier alpha value is -1.35. The molecule has 0 atom stereocenters. The Bertz CT molecular complexity index is 494. The van der Waals surface area contributed by atoms with E-state index in [2.05, 4.69) is 0 Å². The van der Waals surface area contributed by atoms with Crippen molar-refractivity contribution in [3.8, 4) is 0 Å². The lowest BCUT2D eigenvalue weighted by Crippen LogP contribution is -2.08. The molecular weight excluding hydrogens is 252 g/mol. The zero-order valence-corrected chi connectivity index (χ0v) is 10.8. The molecule has 1 N–H and O–H groups in total. The number of fused-ring (bicyclic) bond motifs is 1. The Morgan fingerprint density at radius 3 is 2.33 bits per heavy atom. The molecule has 96 valence electrons. The Morgan fingerprint density at radius 1 is 1.11 bits per heavy atom. The number of carbonyl (C=O) groups excluding carboxylic acids is 1. The minimum atomic E-state index is -0.961. The van der Waals surface area contributed by atoms with Crippen LogP contribution in [0.5, 0.6) is 0 Å². The summed E-state index contributed by atoms with van der Waals surface area (Å²) in [4.78, 5) is 22.4. The third-order valence-corrected chi connectivity index (χ3v) is 3.61. The van der Waals surface area contributed by atoms with Crippen LogP contribution in [0.25, 0.3) is 0 Å². The second-order valence-electron chi connectivity index (χ2n) is 4.62. The van der Waals surface area contributed by atoms with Gasteiger partial charge in [0.2, 0.25) is 0 Å². The van der Waals surface area contributed by atoms with Gasteiger partial charge >= 0.3 is 5.97 Å². The van der Waals surface area contributed by atoms with Gasteiger partial charge in [-0.1, -0.05) is 11.6 Å². The van der Waals surface area contributed by atoms with Crippen molar-refractivity contribution < 1.29 is 14.7 Å². The lowest BCUT2D eigenvalue weighted by Gasteiger charge is -2.17. The monoisotopic (exact) mass is 266 g/mol. The van der Waals surface area contributed by atoms with Gasteiger partial charge in [0.15, 0.2) is 5.78 Å². The Balaban J connectivity index is 2.22. The van der Waals surface area contributed by atoms with Crippen LogP contribution in [-0.4, -0.2) is 16.9 Å². The van der Waals surface area contributed by atoms with Crippen molar-refractivity contribution in [2.24, 2.45) is 0 Å². The quantitative estimate of drug-likeness (QED) is 0.851. The predicted molar refractivity (Wildman–Crippen MR) is 69.3 cm³/mol. The van der Waals surface area contributed by atoms with Gasteiger partial charge in [-0.25, -0.2) is 0 Å². The molecule has 3 nitrogen and oxygen atoms in total. The predicted octanol–water partition coefficient (Wildman–Crippen LogP) is 3.27. The second-order valence-corrected chi connectivity index (χ2v) is 5.03.